The van der Waals surface area contributed by atoms with Crippen LogP contribution in [0.3, 0.4) is 0 Å². The van der Waals surface area contributed by atoms with E-state index in [9.17, 15) is 18.8 Å². The summed E-state index contributed by atoms with van der Waals surface area (Å²) in [6.45, 7) is 0. The number of aliphatic carboxylic acids is 1. The minimum absolute atomic E-state index is 0.0126. The molecule has 0 spiro atoms. The number of hydrogen-bond acceptors (Lipinski definition) is 3. The van der Waals surface area contributed by atoms with Gasteiger partial charge in [0.05, 0.1) is 10.7 Å². The molecular weight excluding hydrogens is 303 g/mol. The summed E-state index contributed by atoms with van der Waals surface area (Å²) in [5, 5.41) is 12.5. The molecule has 0 heterocycles. The molecule has 0 fully saturated rings. The van der Waals surface area contributed by atoms with Crippen molar-refractivity contribution in [1.29, 1.82) is 0 Å². The molecule has 6 nitrogen and oxygen atoms in total. The van der Waals surface area contributed by atoms with Gasteiger partial charge in [-0.05, 0) is 25.0 Å². The second-order valence-electron chi connectivity index (χ2n) is 4.20. The first-order chi connectivity index (χ1) is 9.90. The lowest BCUT2D eigenvalue weighted by Crippen LogP contribution is -2.34. The molecule has 0 bridgehead atoms. The molecule has 1 rings (SSSR count). The van der Waals surface area contributed by atoms with Crippen molar-refractivity contribution in [2.75, 3.05) is 5.32 Å². The van der Waals surface area contributed by atoms with E-state index in [1.807, 2.05) is 5.32 Å². The fourth-order valence-electron chi connectivity index (χ4n) is 1.50. The molecule has 1 aromatic rings. The maximum Gasteiger partial charge on any atom is 0.325 e. The first-order valence-electron chi connectivity index (χ1n) is 6.17. The molecule has 0 unspecified atom stereocenters. The lowest BCUT2D eigenvalue weighted by Gasteiger charge is -2.08. The maximum atomic E-state index is 13.5. The third-order valence-corrected chi connectivity index (χ3v) is 2.79. The number of amides is 3. The summed E-state index contributed by atoms with van der Waals surface area (Å²) in [7, 11) is 0. The predicted molar refractivity (Wildman–Crippen MR) is 74.7 cm³/mol. The van der Waals surface area contributed by atoms with Gasteiger partial charge in [0.1, 0.15) is 0 Å². The first kappa shape index (κ1) is 16.9. The number of carboxylic acids is 1. The summed E-state index contributed by atoms with van der Waals surface area (Å²) in [5.74, 6) is -2.30. The summed E-state index contributed by atoms with van der Waals surface area (Å²) < 4.78 is 13.5. The van der Waals surface area contributed by atoms with Crippen molar-refractivity contribution in [1.82, 2.24) is 5.32 Å². The largest absolute Gasteiger partial charge is 0.481 e. The second kappa shape index (κ2) is 8.21. The van der Waals surface area contributed by atoms with Gasteiger partial charge in [0.25, 0.3) is 0 Å². The Bertz CT molecular complexity index is 551. The average Bonchev–Trinajstić information content (AvgIpc) is 2.40. The molecule has 1 aromatic carbocycles. The highest BCUT2D eigenvalue weighted by Crippen LogP contribution is 2.21. The number of hydrogen-bond donors (Lipinski definition) is 3. The van der Waals surface area contributed by atoms with Crippen LogP contribution >= 0.6 is 11.6 Å². The topological polar surface area (TPSA) is 95.5 Å². The number of unbranched alkanes of at least 4 members (excludes halogenated alkanes) is 1. The lowest BCUT2D eigenvalue weighted by molar-refractivity contribution is -0.137. The molecule has 0 saturated carbocycles. The predicted octanol–water partition coefficient (Wildman–Crippen LogP) is 2.77. The van der Waals surface area contributed by atoms with Crippen molar-refractivity contribution in [3.63, 3.8) is 0 Å². The zero-order valence-electron chi connectivity index (χ0n) is 11.0. The highest BCUT2D eigenvalue weighted by molar-refractivity contribution is 6.31. The van der Waals surface area contributed by atoms with Crippen molar-refractivity contribution >= 4 is 35.2 Å². The van der Waals surface area contributed by atoms with Crippen LogP contribution in [0.1, 0.15) is 25.7 Å². The lowest BCUT2D eigenvalue weighted by atomic mass is 10.2. The van der Waals surface area contributed by atoms with Gasteiger partial charge >= 0.3 is 12.0 Å². The molecule has 0 aromatic heterocycles. The maximum absolute atomic E-state index is 13.5. The van der Waals surface area contributed by atoms with E-state index in [0.717, 1.165) is 0 Å². The number of carbonyl (C=O) groups excluding carboxylic acids is 2. The summed E-state index contributed by atoms with van der Waals surface area (Å²) >= 11 is 5.55. The van der Waals surface area contributed by atoms with E-state index in [2.05, 4.69) is 5.32 Å². The monoisotopic (exact) mass is 316 g/mol. The third kappa shape index (κ3) is 6.22. The first-order valence-corrected chi connectivity index (χ1v) is 6.54. The van der Waals surface area contributed by atoms with Gasteiger partial charge in [0, 0.05) is 12.8 Å². The Hall–Kier alpha value is -2.15. The van der Waals surface area contributed by atoms with Crippen LogP contribution in [0.25, 0.3) is 0 Å². The number of carbonyl (C=O) groups is 3. The second-order valence-corrected chi connectivity index (χ2v) is 4.61. The molecule has 0 saturated heterocycles. The van der Waals surface area contributed by atoms with Crippen molar-refractivity contribution in [2.45, 2.75) is 25.7 Å². The van der Waals surface area contributed by atoms with Crippen LogP contribution in [0.5, 0.6) is 0 Å². The van der Waals surface area contributed by atoms with Gasteiger partial charge in [0.2, 0.25) is 5.91 Å². The SMILES string of the molecule is O=C(O)CCCCC(=O)NC(=O)Nc1cccc(Cl)c1F. The van der Waals surface area contributed by atoms with E-state index < -0.39 is 23.7 Å². The van der Waals surface area contributed by atoms with Crippen LogP contribution in [0.2, 0.25) is 5.02 Å². The van der Waals surface area contributed by atoms with Crippen molar-refractivity contribution in [2.24, 2.45) is 0 Å². The molecular formula is C13H14ClFN2O4. The molecule has 0 aliphatic carbocycles. The number of imide groups is 1. The van der Waals surface area contributed by atoms with Gasteiger partial charge in [-0.25, -0.2) is 9.18 Å². The number of rotatable bonds is 6. The van der Waals surface area contributed by atoms with Crippen molar-refractivity contribution in [3.05, 3.63) is 29.0 Å². The standard InChI is InChI=1S/C13H14ClFN2O4/c14-8-4-3-5-9(12(8)15)16-13(21)17-10(18)6-1-2-7-11(19)20/h3-5H,1-2,6-7H2,(H,19,20)(H2,16,17,18,21). The van der Waals surface area contributed by atoms with Gasteiger partial charge in [-0.1, -0.05) is 17.7 Å². The number of carboxylic acid groups (broad SMARTS) is 1. The highest BCUT2D eigenvalue weighted by atomic mass is 35.5. The molecule has 0 aliphatic heterocycles. The highest BCUT2D eigenvalue weighted by Gasteiger charge is 2.12. The number of urea groups is 1. The summed E-state index contributed by atoms with van der Waals surface area (Å²) in [5.41, 5.74) is -0.140. The quantitative estimate of drug-likeness (QED) is 0.703. The molecule has 0 aliphatic rings. The number of benzene rings is 1. The van der Waals surface area contributed by atoms with Crippen LogP contribution in [0.15, 0.2) is 18.2 Å². The third-order valence-electron chi connectivity index (χ3n) is 2.50. The van der Waals surface area contributed by atoms with E-state index >= 15 is 0 Å². The minimum Gasteiger partial charge on any atom is -0.481 e. The minimum atomic E-state index is -0.940. The number of anilines is 1. The molecule has 3 amide bonds. The van der Waals surface area contributed by atoms with Crippen LogP contribution in [-0.4, -0.2) is 23.0 Å². The Morgan fingerprint density at radius 2 is 1.86 bits per heavy atom. The Morgan fingerprint density at radius 3 is 2.52 bits per heavy atom. The van der Waals surface area contributed by atoms with Gasteiger partial charge < -0.3 is 10.4 Å². The summed E-state index contributed by atoms with van der Waals surface area (Å²) in [4.78, 5) is 33.2. The molecule has 114 valence electrons. The van der Waals surface area contributed by atoms with Crippen LogP contribution in [0.4, 0.5) is 14.9 Å². The van der Waals surface area contributed by atoms with E-state index in [1.165, 1.54) is 18.2 Å². The zero-order valence-corrected chi connectivity index (χ0v) is 11.7. The molecule has 8 heteroatoms. The average molecular weight is 317 g/mol. The Kier molecular flexibility index (Phi) is 6.61. The Morgan fingerprint density at radius 1 is 1.19 bits per heavy atom. The molecule has 0 atom stereocenters. The fourth-order valence-corrected chi connectivity index (χ4v) is 1.68. The summed E-state index contributed by atoms with van der Waals surface area (Å²) in [6.07, 6.45) is 0.663. The smallest absolute Gasteiger partial charge is 0.325 e. The number of nitrogens with one attached hydrogen (secondary N) is 2. The van der Waals surface area contributed by atoms with Gasteiger partial charge in [-0.3, -0.25) is 14.9 Å². The zero-order chi connectivity index (χ0) is 15.8. The normalized spacial score (nSPS) is 10.0. The van der Waals surface area contributed by atoms with Crippen LogP contribution in [0, 0.1) is 5.82 Å². The molecule has 3 N–H and O–H groups in total. The van der Waals surface area contributed by atoms with Gasteiger partial charge in [-0.2, -0.15) is 0 Å². The van der Waals surface area contributed by atoms with Crippen molar-refractivity contribution < 1.29 is 23.9 Å². The molecule has 21 heavy (non-hydrogen) atoms. The summed E-state index contributed by atoms with van der Waals surface area (Å²) in [6, 6.07) is 3.21. The molecule has 0 radical (unpaired) electrons. The fraction of sp³-hybridized carbons (Fsp3) is 0.308. The van der Waals surface area contributed by atoms with E-state index in [-0.39, 0.29) is 23.6 Å². The Balaban J connectivity index is 2.38. The van der Waals surface area contributed by atoms with Crippen LogP contribution < -0.4 is 10.6 Å². The van der Waals surface area contributed by atoms with Crippen molar-refractivity contribution in [3.8, 4) is 0 Å². The van der Waals surface area contributed by atoms with E-state index in [1.54, 1.807) is 0 Å². The van der Waals surface area contributed by atoms with Gasteiger partial charge in [0.15, 0.2) is 5.82 Å². The van der Waals surface area contributed by atoms with Gasteiger partial charge in [-0.15, -0.1) is 0 Å². The van der Waals surface area contributed by atoms with Crippen LogP contribution in [-0.2, 0) is 9.59 Å². The van der Waals surface area contributed by atoms with E-state index in [0.29, 0.717) is 12.8 Å². The number of halogens is 2. The van der Waals surface area contributed by atoms with E-state index in [4.69, 9.17) is 16.7 Å². The Labute approximate surface area is 125 Å².